The Morgan fingerprint density at radius 1 is 1.09 bits per heavy atom. The Bertz CT molecular complexity index is 475. The molecule has 0 spiro atoms. The van der Waals surface area contributed by atoms with Gasteiger partial charge in [-0.3, -0.25) is 0 Å². The molecule has 2 aliphatic heterocycles. The van der Waals surface area contributed by atoms with E-state index < -0.39 is 0 Å². The fourth-order valence-corrected chi connectivity index (χ4v) is 3.47. The lowest BCUT2D eigenvalue weighted by molar-refractivity contribution is 0.0399. The number of fused-ring (bicyclic) bond motifs is 1. The second-order valence-electron chi connectivity index (χ2n) is 6.20. The van der Waals surface area contributed by atoms with Gasteiger partial charge < -0.3 is 24.6 Å². The fourth-order valence-electron chi connectivity index (χ4n) is 3.47. The van der Waals surface area contributed by atoms with Crippen molar-refractivity contribution in [1.82, 2.24) is 4.90 Å². The van der Waals surface area contributed by atoms with Gasteiger partial charge in [0, 0.05) is 32.3 Å². The maximum atomic E-state index is 5.62. The number of rotatable bonds is 8. The van der Waals surface area contributed by atoms with Gasteiger partial charge in [-0.25, -0.2) is 0 Å². The lowest BCUT2D eigenvalue weighted by atomic mass is 10.0. The van der Waals surface area contributed by atoms with Crippen LogP contribution in [0.5, 0.6) is 0 Å². The smallest absolute Gasteiger partial charge is 0.0880 e. The molecule has 1 saturated heterocycles. The molecular formula is C18H29N3O2. The Balaban J connectivity index is 1.36. The highest BCUT2D eigenvalue weighted by atomic mass is 16.5. The van der Waals surface area contributed by atoms with Crippen molar-refractivity contribution in [2.24, 2.45) is 0 Å². The topological polar surface area (TPSA) is 37.0 Å². The van der Waals surface area contributed by atoms with Crippen molar-refractivity contribution in [2.45, 2.75) is 25.8 Å². The van der Waals surface area contributed by atoms with E-state index in [1.165, 1.54) is 24.2 Å². The summed E-state index contributed by atoms with van der Waals surface area (Å²) in [6.45, 7) is 9.32. The maximum Gasteiger partial charge on any atom is 0.0880 e. The molecule has 2 heterocycles. The minimum Gasteiger partial charge on any atom is -0.379 e. The minimum absolute atomic E-state index is 0.654. The van der Waals surface area contributed by atoms with Crippen molar-refractivity contribution in [3.8, 4) is 0 Å². The summed E-state index contributed by atoms with van der Waals surface area (Å²) >= 11 is 0. The first-order valence-electron chi connectivity index (χ1n) is 8.86. The van der Waals surface area contributed by atoms with Gasteiger partial charge >= 0.3 is 0 Å². The predicted molar refractivity (Wildman–Crippen MR) is 94.2 cm³/mol. The molecule has 0 aliphatic carbocycles. The molecule has 0 aromatic heterocycles. The fraction of sp³-hybridized carbons (Fsp3) is 0.667. The van der Waals surface area contributed by atoms with Gasteiger partial charge in [0.1, 0.15) is 0 Å². The Morgan fingerprint density at radius 3 is 2.70 bits per heavy atom. The SMILES string of the molecule is CCOCCOCCN1CCC(N2CNc3ccccc32)CC1. The lowest BCUT2D eigenvalue weighted by Gasteiger charge is -2.37. The van der Waals surface area contributed by atoms with Crippen LogP contribution < -0.4 is 10.2 Å². The quantitative estimate of drug-likeness (QED) is 0.745. The third kappa shape index (κ3) is 4.37. The van der Waals surface area contributed by atoms with Crippen LogP contribution >= 0.6 is 0 Å². The lowest BCUT2D eigenvalue weighted by Crippen LogP contribution is -2.45. The average Bonchev–Trinajstić information content (AvgIpc) is 3.03. The molecule has 1 N–H and O–H groups in total. The summed E-state index contributed by atoms with van der Waals surface area (Å²) in [6.07, 6.45) is 2.46. The van der Waals surface area contributed by atoms with E-state index in [9.17, 15) is 0 Å². The number of hydrogen-bond donors (Lipinski definition) is 1. The van der Waals surface area contributed by atoms with Crippen LogP contribution in [0.4, 0.5) is 11.4 Å². The molecule has 0 amide bonds. The highest BCUT2D eigenvalue weighted by Gasteiger charge is 2.28. The summed E-state index contributed by atoms with van der Waals surface area (Å²) in [5.41, 5.74) is 2.64. The summed E-state index contributed by atoms with van der Waals surface area (Å²) in [4.78, 5) is 5.05. The van der Waals surface area contributed by atoms with Crippen LogP contribution in [0.3, 0.4) is 0 Å². The van der Waals surface area contributed by atoms with Gasteiger partial charge in [-0.2, -0.15) is 0 Å². The van der Waals surface area contributed by atoms with Gasteiger partial charge in [0.15, 0.2) is 0 Å². The van der Waals surface area contributed by atoms with Crippen LogP contribution in [0, 0.1) is 0 Å². The van der Waals surface area contributed by atoms with E-state index in [1.54, 1.807) is 0 Å². The Labute approximate surface area is 139 Å². The number of likely N-dealkylation sites (tertiary alicyclic amines) is 1. The second kappa shape index (κ2) is 8.52. The standard InChI is InChI=1S/C18H29N3O2/c1-2-22-13-14-23-12-11-20-9-7-16(8-10-20)21-15-19-17-5-3-4-6-18(17)21/h3-6,16,19H,2,7-15H2,1H3. The summed E-state index contributed by atoms with van der Waals surface area (Å²) < 4.78 is 10.9. The zero-order valence-electron chi connectivity index (χ0n) is 14.2. The third-order valence-corrected chi connectivity index (χ3v) is 4.78. The molecule has 0 bridgehead atoms. The first kappa shape index (κ1) is 16.6. The molecular weight excluding hydrogens is 290 g/mol. The zero-order valence-corrected chi connectivity index (χ0v) is 14.2. The van der Waals surface area contributed by atoms with E-state index in [1.807, 2.05) is 6.92 Å². The number of ether oxygens (including phenoxy) is 2. The monoisotopic (exact) mass is 319 g/mol. The first-order chi connectivity index (χ1) is 11.4. The number of nitrogens with one attached hydrogen (secondary N) is 1. The highest BCUT2D eigenvalue weighted by molar-refractivity contribution is 5.74. The van der Waals surface area contributed by atoms with Gasteiger partial charge in [0.25, 0.3) is 0 Å². The van der Waals surface area contributed by atoms with E-state index in [0.29, 0.717) is 19.3 Å². The molecule has 5 heteroatoms. The molecule has 0 radical (unpaired) electrons. The van der Waals surface area contributed by atoms with Crippen molar-refractivity contribution in [3.63, 3.8) is 0 Å². The molecule has 3 rings (SSSR count). The van der Waals surface area contributed by atoms with Gasteiger partial charge in [-0.1, -0.05) is 12.1 Å². The molecule has 1 aromatic rings. The number of para-hydroxylation sites is 2. The molecule has 1 aromatic carbocycles. The van der Waals surface area contributed by atoms with Gasteiger partial charge in [0.2, 0.25) is 0 Å². The number of nitrogens with zero attached hydrogens (tertiary/aromatic N) is 2. The van der Waals surface area contributed by atoms with Crippen LogP contribution in [0.2, 0.25) is 0 Å². The van der Waals surface area contributed by atoms with E-state index in [2.05, 4.69) is 39.4 Å². The molecule has 128 valence electrons. The molecule has 0 atom stereocenters. The Kier molecular flexibility index (Phi) is 6.13. The van der Waals surface area contributed by atoms with Crippen molar-refractivity contribution >= 4 is 11.4 Å². The van der Waals surface area contributed by atoms with E-state index >= 15 is 0 Å². The Hall–Kier alpha value is -1.30. The van der Waals surface area contributed by atoms with Crippen molar-refractivity contribution in [3.05, 3.63) is 24.3 Å². The molecule has 5 nitrogen and oxygen atoms in total. The molecule has 0 saturated carbocycles. The van der Waals surface area contributed by atoms with Crippen molar-refractivity contribution < 1.29 is 9.47 Å². The normalized spacial score (nSPS) is 18.9. The molecule has 1 fully saturated rings. The van der Waals surface area contributed by atoms with Gasteiger partial charge in [-0.05, 0) is 31.9 Å². The van der Waals surface area contributed by atoms with Crippen LogP contribution in [0.15, 0.2) is 24.3 Å². The molecule has 0 unspecified atom stereocenters. The Morgan fingerprint density at radius 2 is 1.87 bits per heavy atom. The summed E-state index contributed by atoms with van der Waals surface area (Å²) in [5, 5.41) is 3.50. The minimum atomic E-state index is 0.654. The number of piperidine rings is 1. The van der Waals surface area contributed by atoms with E-state index in [4.69, 9.17) is 9.47 Å². The summed E-state index contributed by atoms with van der Waals surface area (Å²) in [6, 6.07) is 9.29. The average molecular weight is 319 g/mol. The largest absolute Gasteiger partial charge is 0.379 e. The third-order valence-electron chi connectivity index (χ3n) is 4.78. The number of benzene rings is 1. The molecule has 23 heavy (non-hydrogen) atoms. The van der Waals surface area contributed by atoms with Crippen LogP contribution in [0.1, 0.15) is 19.8 Å². The highest BCUT2D eigenvalue weighted by Crippen LogP contribution is 2.34. The van der Waals surface area contributed by atoms with Crippen molar-refractivity contribution in [1.29, 1.82) is 0 Å². The molecule has 2 aliphatic rings. The van der Waals surface area contributed by atoms with Crippen LogP contribution in [-0.4, -0.2) is 63.7 Å². The van der Waals surface area contributed by atoms with Crippen LogP contribution in [-0.2, 0) is 9.47 Å². The second-order valence-corrected chi connectivity index (χ2v) is 6.20. The van der Waals surface area contributed by atoms with Crippen LogP contribution in [0.25, 0.3) is 0 Å². The number of hydrogen-bond acceptors (Lipinski definition) is 5. The maximum absolute atomic E-state index is 5.62. The van der Waals surface area contributed by atoms with Gasteiger partial charge in [-0.15, -0.1) is 0 Å². The zero-order chi connectivity index (χ0) is 15.9. The first-order valence-corrected chi connectivity index (χ1v) is 8.86. The summed E-state index contributed by atoms with van der Waals surface area (Å²) in [7, 11) is 0. The predicted octanol–water partition coefficient (Wildman–Crippen LogP) is 2.39. The summed E-state index contributed by atoms with van der Waals surface area (Å²) in [5.74, 6) is 0. The van der Waals surface area contributed by atoms with E-state index in [0.717, 1.165) is 39.5 Å². The van der Waals surface area contributed by atoms with Crippen molar-refractivity contribution in [2.75, 3.05) is 62.9 Å². The number of anilines is 2. The van der Waals surface area contributed by atoms with E-state index in [-0.39, 0.29) is 0 Å². The van der Waals surface area contributed by atoms with Gasteiger partial charge in [0.05, 0.1) is 37.9 Å².